The molecule has 0 aromatic rings. The number of rotatable bonds is 2. The minimum absolute atomic E-state index is 0.0187. The summed E-state index contributed by atoms with van der Waals surface area (Å²) in [5.74, 6) is 0.380. The van der Waals surface area contributed by atoms with Gasteiger partial charge in [0.2, 0.25) is 0 Å². The van der Waals surface area contributed by atoms with E-state index >= 15 is 0 Å². The second-order valence-electron chi connectivity index (χ2n) is 5.04. The highest BCUT2D eigenvalue weighted by molar-refractivity contribution is 5.76. The first-order valence-corrected chi connectivity index (χ1v) is 6.48. The highest BCUT2D eigenvalue weighted by Gasteiger charge is 2.36. The molecule has 1 unspecified atom stereocenters. The van der Waals surface area contributed by atoms with Crippen molar-refractivity contribution in [2.75, 3.05) is 13.7 Å². The molecule has 2 aliphatic heterocycles. The van der Waals surface area contributed by atoms with Gasteiger partial charge in [0.1, 0.15) is 6.10 Å². The van der Waals surface area contributed by atoms with Gasteiger partial charge in [-0.15, -0.1) is 0 Å². The van der Waals surface area contributed by atoms with Crippen LogP contribution < -0.4 is 0 Å². The first-order valence-electron chi connectivity index (χ1n) is 6.48. The third kappa shape index (κ3) is 2.52. The summed E-state index contributed by atoms with van der Waals surface area (Å²) >= 11 is 0. The molecule has 0 aromatic heterocycles. The fraction of sp³-hybridized carbons (Fsp3) is 0.769. The average Bonchev–Trinajstić information content (AvgIpc) is 2.67. The molecular formula is C13H22N2O3. The summed E-state index contributed by atoms with van der Waals surface area (Å²) in [6.07, 6.45) is 2.30. The van der Waals surface area contributed by atoms with Gasteiger partial charge in [-0.3, -0.25) is 0 Å². The Morgan fingerprint density at radius 3 is 3.00 bits per heavy atom. The smallest absolute Gasteiger partial charge is 0.294 e. The van der Waals surface area contributed by atoms with Crippen LogP contribution in [0, 0.1) is 5.92 Å². The Morgan fingerprint density at radius 1 is 1.61 bits per heavy atom. The minimum Gasteiger partial charge on any atom is -0.459 e. The Kier molecular flexibility index (Phi) is 3.92. The number of amidine groups is 1. The van der Waals surface area contributed by atoms with Crippen molar-refractivity contribution < 1.29 is 14.6 Å². The van der Waals surface area contributed by atoms with Crippen LogP contribution in [0.5, 0.6) is 0 Å². The molecule has 0 bridgehead atoms. The first kappa shape index (κ1) is 13.4. The number of ether oxygens (including phenoxy) is 2. The fourth-order valence-electron chi connectivity index (χ4n) is 2.49. The van der Waals surface area contributed by atoms with Crippen molar-refractivity contribution >= 4 is 6.02 Å². The fourth-order valence-corrected chi connectivity index (χ4v) is 2.49. The lowest BCUT2D eigenvalue weighted by Crippen LogP contribution is -2.37. The topological polar surface area (TPSA) is 54.3 Å². The van der Waals surface area contributed by atoms with Gasteiger partial charge < -0.3 is 19.5 Å². The predicted molar refractivity (Wildman–Crippen MR) is 69.0 cm³/mol. The Morgan fingerprint density at radius 2 is 2.33 bits per heavy atom. The van der Waals surface area contributed by atoms with E-state index in [0.29, 0.717) is 18.5 Å². The van der Waals surface area contributed by atoms with Crippen LogP contribution in [-0.2, 0) is 9.47 Å². The standard InChI is InChI=1S/C13H22N2O3/c1-5-10-9(3)17-7-11(10)18-13-14-12(16)8(2)6-15(13)4/h6,9-12,16H,5,7H2,1-4H3/t9-,10-,11-,12?/m0/s1. The molecule has 1 fully saturated rings. The lowest BCUT2D eigenvalue weighted by molar-refractivity contribution is 0.0929. The largest absolute Gasteiger partial charge is 0.459 e. The summed E-state index contributed by atoms with van der Waals surface area (Å²) in [5.41, 5.74) is 0.813. The molecule has 18 heavy (non-hydrogen) atoms. The summed E-state index contributed by atoms with van der Waals surface area (Å²) in [5, 5.41) is 9.72. The van der Waals surface area contributed by atoms with Crippen molar-refractivity contribution in [2.24, 2.45) is 10.9 Å². The van der Waals surface area contributed by atoms with Gasteiger partial charge in [-0.1, -0.05) is 6.92 Å². The molecule has 4 atom stereocenters. The molecule has 0 saturated carbocycles. The van der Waals surface area contributed by atoms with Gasteiger partial charge in [0.15, 0.2) is 6.23 Å². The number of aliphatic imine (C=N–C) groups is 1. The average molecular weight is 254 g/mol. The Hall–Kier alpha value is -1.07. The third-order valence-corrected chi connectivity index (χ3v) is 3.67. The first-order chi connectivity index (χ1) is 8.52. The maximum Gasteiger partial charge on any atom is 0.294 e. The quantitative estimate of drug-likeness (QED) is 0.808. The van der Waals surface area contributed by atoms with Gasteiger partial charge in [-0.25, -0.2) is 0 Å². The van der Waals surface area contributed by atoms with E-state index in [4.69, 9.17) is 9.47 Å². The van der Waals surface area contributed by atoms with Crippen LogP contribution in [0.3, 0.4) is 0 Å². The van der Waals surface area contributed by atoms with Crippen LogP contribution in [0.25, 0.3) is 0 Å². The molecular weight excluding hydrogens is 232 g/mol. The highest BCUT2D eigenvalue weighted by atomic mass is 16.6. The molecule has 0 radical (unpaired) electrons. The molecule has 0 amide bonds. The molecule has 0 aromatic carbocycles. The number of hydrogen-bond donors (Lipinski definition) is 1. The van der Waals surface area contributed by atoms with Gasteiger partial charge in [0, 0.05) is 19.2 Å². The summed E-state index contributed by atoms with van der Waals surface area (Å²) < 4.78 is 11.5. The van der Waals surface area contributed by atoms with Crippen LogP contribution in [0.2, 0.25) is 0 Å². The van der Waals surface area contributed by atoms with Crippen LogP contribution in [-0.4, -0.2) is 48.1 Å². The Labute approximate surface area is 108 Å². The summed E-state index contributed by atoms with van der Waals surface area (Å²) in [4.78, 5) is 5.96. The monoisotopic (exact) mass is 254 g/mol. The van der Waals surface area contributed by atoms with Crippen molar-refractivity contribution in [3.8, 4) is 0 Å². The highest BCUT2D eigenvalue weighted by Crippen LogP contribution is 2.27. The molecule has 0 spiro atoms. The summed E-state index contributed by atoms with van der Waals surface area (Å²) in [6.45, 7) is 6.64. The van der Waals surface area contributed by atoms with Crippen LogP contribution >= 0.6 is 0 Å². The maximum atomic E-state index is 9.72. The Bertz CT molecular complexity index is 367. The lowest BCUT2D eigenvalue weighted by atomic mass is 9.97. The third-order valence-electron chi connectivity index (χ3n) is 3.67. The second-order valence-corrected chi connectivity index (χ2v) is 5.04. The molecule has 1 saturated heterocycles. The molecule has 2 rings (SSSR count). The lowest BCUT2D eigenvalue weighted by Gasteiger charge is -2.28. The van der Waals surface area contributed by atoms with Crippen LogP contribution in [0.1, 0.15) is 27.2 Å². The molecule has 102 valence electrons. The van der Waals surface area contributed by atoms with Gasteiger partial charge in [-0.05, 0) is 25.8 Å². The van der Waals surface area contributed by atoms with E-state index in [2.05, 4.69) is 18.8 Å². The molecule has 5 heteroatoms. The number of aliphatic hydroxyl groups is 1. The van der Waals surface area contributed by atoms with E-state index in [1.165, 1.54) is 0 Å². The normalized spacial score (nSPS) is 36.4. The molecule has 5 nitrogen and oxygen atoms in total. The molecule has 0 aliphatic carbocycles. The van der Waals surface area contributed by atoms with E-state index in [0.717, 1.165) is 12.0 Å². The number of hydrogen-bond acceptors (Lipinski definition) is 5. The van der Waals surface area contributed by atoms with Crippen LogP contribution in [0.15, 0.2) is 16.8 Å². The number of aliphatic hydroxyl groups excluding tert-OH is 1. The van der Waals surface area contributed by atoms with Crippen molar-refractivity contribution in [1.29, 1.82) is 0 Å². The molecule has 2 heterocycles. The van der Waals surface area contributed by atoms with E-state index in [1.807, 2.05) is 20.2 Å². The van der Waals surface area contributed by atoms with Crippen molar-refractivity contribution in [3.05, 3.63) is 11.8 Å². The maximum absolute atomic E-state index is 9.72. The van der Waals surface area contributed by atoms with E-state index in [1.54, 1.807) is 4.90 Å². The minimum atomic E-state index is -0.795. The molecule has 1 N–H and O–H groups in total. The zero-order chi connectivity index (χ0) is 13.3. The van der Waals surface area contributed by atoms with Gasteiger partial charge in [0.05, 0.1) is 12.7 Å². The second kappa shape index (κ2) is 5.28. The summed E-state index contributed by atoms with van der Waals surface area (Å²) in [7, 11) is 1.87. The van der Waals surface area contributed by atoms with Gasteiger partial charge >= 0.3 is 0 Å². The van der Waals surface area contributed by atoms with Crippen molar-refractivity contribution in [2.45, 2.75) is 45.6 Å². The summed E-state index contributed by atoms with van der Waals surface area (Å²) in [6, 6.07) is 0.467. The van der Waals surface area contributed by atoms with E-state index in [9.17, 15) is 5.11 Å². The van der Waals surface area contributed by atoms with Gasteiger partial charge in [0.25, 0.3) is 6.02 Å². The van der Waals surface area contributed by atoms with Crippen molar-refractivity contribution in [1.82, 2.24) is 4.90 Å². The predicted octanol–water partition coefficient (Wildman–Crippen LogP) is 1.34. The Balaban J connectivity index is 2.04. The van der Waals surface area contributed by atoms with Crippen LogP contribution in [0.4, 0.5) is 0 Å². The van der Waals surface area contributed by atoms with Gasteiger partial charge in [-0.2, -0.15) is 4.99 Å². The van der Waals surface area contributed by atoms with E-state index in [-0.39, 0.29) is 12.2 Å². The zero-order valence-corrected chi connectivity index (χ0v) is 11.5. The van der Waals surface area contributed by atoms with E-state index < -0.39 is 6.23 Å². The SMILES string of the molecule is CC[C@H]1[C@H](C)OC[C@@H]1OC1=NC(O)C(C)=CN1C. The number of nitrogens with zero attached hydrogens (tertiary/aromatic N) is 2. The van der Waals surface area contributed by atoms with Crippen molar-refractivity contribution in [3.63, 3.8) is 0 Å². The molecule has 2 aliphatic rings. The zero-order valence-electron chi connectivity index (χ0n) is 11.5.